The molecule has 0 radical (unpaired) electrons. The van der Waals surface area contributed by atoms with Crippen molar-refractivity contribution in [2.75, 3.05) is 0 Å². The molecule has 0 spiro atoms. The van der Waals surface area contributed by atoms with E-state index in [1.807, 2.05) is 6.07 Å². The summed E-state index contributed by atoms with van der Waals surface area (Å²) in [6.45, 7) is 0. The van der Waals surface area contributed by atoms with Crippen LogP contribution in [0.5, 0.6) is 0 Å². The van der Waals surface area contributed by atoms with E-state index in [-0.39, 0.29) is 18.4 Å². The molecule has 1 heterocycles. The highest BCUT2D eigenvalue weighted by atomic mass is 35.5. The fraction of sp³-hybridized carbons (Fsp3) is 0.444. The molecule has 0 aromatic carbocycles. The van der Waals surface area contributed by atoms with Gasteiger partial charge in [0.05, 0.1) is 0 Å². The molecular weight excluding hydrogens is 242 g/mol. The minimum Gasteiger partial charge on any atom is -0.324 e. The van der Waals surface area contributed by atoms with E-state index in [9.17, 15) is 0 Å². The highest BCUT2D eigenvalue weighted by molar-refractivity contribution is 6.32. The third-order valence-electron chi connectivity index (χ3n) is 2.33. The van der Waals surface area contributed by atoms with Gasteiger partial charge in [0.1, 0.15) is 10.3 Å². The van der Waals surface area contributed by atoms with E-state index >= 15 is 0 Å². The molecule has 78 valence electrons. The molecule has 2 rings (SSSR count). The van der Waals surface area contributed by atoms with Gasteiger partial charge in [-0.1, -0.05) is 29.3 Å². The lowest BCUT2D eigenvalue weighted by molar-refractivity contribution is 0.631. The zero-order valence-electron chi connectivity index (χ0n) is 7.41. The Morgan fingerprint density at radius 3 is 2.50 bits per heavy atom. The second-order valence-corrected chi connectivity index (χ2v) is 4.12. The number of nitrogens with zero attached hydrogens (tertiary/aromatic N) is 1. The van der Waals surface area contributed by atoms with Crippen LogP contribution in [0.2, 0.25) is 10.3 Å². The first-order valence-corrected chi connectivity index (χ1v) is 5.01. The van der Waals surface area contributed by atoms with Crippen molar-refractivity contribution in [2.24, 2.45) is 11.7 Å². The van der Waals surface area contributed by atoms with Crippen molar-refractivity contribution >= 4 is 35.6 Å². The number of aromatic nitrogens is 1. The first kappa shape index (κ1) is 12.1. The summed E-state index contributed by atoms with van der Waals surface area (Å²) < 4.78 is 0. The van der Waals surface area contributed by atoms with Gasteiger partial charge in [-0.3, -0.25) is 0 Å². The normalized spacial score (nSPS) is 17.4. The van der Waals surface area contributed by atoms with Crippen molar-refractivity contribution in [3.05, 3.63) is 28.0 Å². The molecule has 5 heteroatoms. The zero-order chi connectivity index (χ0) is 9.42. The van der Waals surface area contributed by atoms with Crippen molar-refractivity contribution in [1.29, 1.82) is 0 Å². The Labute approximate surface area is 99.2 Å². The van der Waals surface area contributed by atoms with Gasteiger partial charge in [0, 0.05) is 11.6 Å². The fourth-order valence-electron chi connectivity index (χ4n) is 1.38. The molecule has 2 nitrogen and oxygen atoms in total. The number of halogens is 3. The van der Waals surface area contributed by atoms with Crippen molar-refractivity contribution in [3.63, 3.8) is 0 Å². The molecule has 1 atom stereocenters. The first-order chi connectivity index (χ1) is 6.18. The van der Waals surface area contributed by atoms with Gasteiger partial charge in [0.2, 0.25) is 0 Å². The van der Waals surface area contributed by atoms with Gasteiger partial charge in [-0.05, 0) is 24.8 Å². The molecule has 0 bridgehead atoms. The SMILES string of the molecule is Cl.N[C@H](c1ccc(Cl)nc1Cl)C1CC1. The van der Waals surface area contributed by atoms with Gasteiger partial charge in [-0.2, -0.15) is 0 Å². The molecule has 2 N–H and O–H groups in total. The summed E-state index contributed by atoms with van der Waals surface area (Å²) in [6, 6.07) is 3.61. The first-order valence-electron chi connectivity index (χ1n) is 4.26. The van der Waals surface area contributed by atoms with Crippen LogP contribution < -0.4 is 5.73 Å². The summed E-state index contributed by atoms with van der Waals surface area (Å²) in [6.07, 6.45) is 2.39. The number of pyridine rings is 1. The van der Waals surface area contributed by atoms with Crippen LogP contribution in [-0.2, 0) is 0 Å². The predicted octanol–water partition coefficient (Wildman–Crippen LogP) is 3.22. The molecule has 1 aliphatic carbocycles. The summed E-state index contributed by atoms with van der Waals surface area (Å²) in [5.41, 5.74) is 6.89. The average molecular weight is 254 g/mol. The maximum atomic E-state index is 5.98. The standard InChI is InChI=1S/C9H10Cl2N2.ClH/c10-7-4-3-6(9(11)13-7)8(12)5-1-2-5;/h3-5,8H,1-2,12H2;1H/t8-;/m0./s1. The van der Waals surface area contributed by atoms with Gasteiger partial charge < -0.3 is 5.73 Å². The van der Waals surface area contributed by atoms with Crippen LogP contribution in [0, 0.1) is 5.92 Å². The Morgan fingerprint density at radius 1 is 1.36 bits per heavy atom. The molecule has 1 fully saturated rings. The second kappa shape index (κ2) is 4.67. The number of nitrogens with two attached hydrogens (primary N) is 1. The third-order valence-corrected chi connectivity index (χ3v) is 2.85. The lowest BCUT2D eigenvalue weighted by Crippen LogP contribution is -2.13. The number of hydrogen-bond acceptors (Lipinski definition) is 2. The predicted molar refractivity (Wildman–Crippen MR) is 61.2 cm³/mol. The van der Waals surface area contributed by atoms with Crippen molar-refractivity contribution in [1.82, 2.24) is 4.98 Å². The maximum Gasteiger partial charge on any atom is 0.135 e. The van der Waals surface area contributed by atoms with Crippen LogP contribution in [-0.4, -0.2) is 4.98 Å². The fourth-order valence-corrected chi connectivity index (χ4v) is 1.85. The Balaban J connectivity index is 0.000000980. The third kappa shape index (κ3) is 2.51. The summed E-state index contributed by atoms with van der Waals surface area (Å²) in [5.74, 6) is 0.584. The van der Waals surface area contributed by atoms with Gasteiger partial charge in [-0.15, -0.1) is 12.4 Å². The topological polar surface area (TPSA) is 38.9 Å². The average Bonchev–Trinajstić information content (AvgIpc) is 2.85. The van der Waals surface area contributed by atoms with Crippen LogP contribution in [0.4, 0.5) is 0 Å². The van der Waals surface area contributed by atoms with Crippen LogP contribution in [0.25, 0.3) is 0 Å². The molecule has 1 aromatic heterocycles. The Morgan fingerprint density at radius 2 is 2.00 bits per heavy atom. The summed E-state index contributed by atoms with van der Waals surface area (Å²) in [7, 11) is 0. The lowest BCUT2D eigenvalue weighted by atomic mass is 10.1. The minimum absolute atomic E-state index is 0. The van der Waals surface area contributed by atoms with Crippen LogP contribution in [0.1, 0.15) is 24.4 Å². The van der Waals surface area contributed by atoms with Crippen LogP contribution >= 0.6 is 35.6 Å². The Hall–Kier alpha value is -0.0200. The van der Waals surface area contributed by atoms with E-state index in [4.69, 9.17) is 28.9 Å². The van der Waals surface area contributed by atoms with Gasteiger partial charge in [-0.25, -0.2) is 4.98 Å². The van der Waals surface area contributed by atoms with E-state index in [1.54, 1.807) is 6.07 Å². The summed E-state index contributed by atoms with van der Waals surface area (Å²) in [4.78, 5) is 3.96. The Bertz CT molecular complexity index is 326. The highest BCUT2D eigenvalue weighted by Crippen LogP contribution is 2.41. The molecule has 0 amide bonds. The maximum absolute atomic E-state index is 5.98. The van der Waals surface area contributed by atoms with Crippen molar-refractivity contribution < 1.29 is 0 Å². The molecule has 1 aliphatic rings. The molecule has 0 aliphatic heterocycles. The molecule has 0 saturated heterocycles. The van der Waals surface area contributed by atoms with E-state index in [2.05, 4.69) is 4.98 Å². The molecule has 14 heavy (non-hydrogen) atoms. The second-order valence-electron chi connectivity index (χ2n) is 3.38. The minimum atomic E-state index is 0. The van der Waals surface area contributed by atoms with Crippen molar-refractivity contribution in [2.45, 2.75) is 18.9 Å². The molecular formula is C9H11Cl3N2. The van der Waals surface area contributed by atoms with Crippen molar-refractivity contribution in [3.8, 4) is 0 Å². The monoisotopic (exact) mass is 252 g/mol. The summed E-state index contributed by atoms with van der Waals surface area (Å²) in [5, 5.41) is 0.851. The largest absolute Gasteiger partial charge is 0.324 e. The van der Waals surface area contributed by atoms with Gasteiger partial charge in [0.15, 0.2) is 0 Å². The quantitative estimate of drug-likeness (QED) is 0.822. The number of rotatable bonds is 2. The van der Waals surface area contributed by atoms with Gasteiger partial charge in [0.25, 0.3) is 0 Å². The molecule has 1 aromatic rings. The Kier molecular flexibility index (Phi) is 4.02. The molecule has 1 saturated carbocycles. The van der Waals surface area contributed by atoms with E-state index < -0.39 is 0 Å². The van der Waals surface area contributed by atoms with Crippen LogP contribution in [0.15, 0.2) is 12.1 Å². The summed E-state index contributed by atoms with van der Waals surface area (Å²) >= 11 is 11.6. The van der Waals surface area contributed by atoms with E-state index in [0.717, 1.165) is 5.56 Å². The highest BCUT2D eigenvalue weighted by Gasteiger charge is 2.30. The van der Waals surface area contributed by atoms with Crippen LogP contribution in [0.3, 0.4) is 0 Å². The number of hydrogen-bond donors (Lipinski definition) is 1. The smallest absolute Gasteiger partial charge is 0.135 e. The molecule has 0 unspecified atom stereocenters. The van der Waals surface area contributed by atoms with E-state index in [0.29, 0.717) is 16.2 Å². The lowest BCUT2D eigenvalue weighted by Gasteiger charge is -2.11. The zero-order valence-corrected chi connectivity index (χ0v) is 9.74. The van der Waals surface area contributed by atoms with Gasteiger partial charge >= 0.3 is 0 Å². The van der Waals surface area contributed by atoms with E-state index in [1.165, 1.54) is 12.8 Å².